The molecular weight excluding hydrogens is 661 g/mol. The van der Waals surface area contributed by atoms with Crippen LogP contribution in [0.3, 0.4) is 0 Å². The highest BCUT2D eigenvalue weighted by atomic mass is 35.5. The van der Waals surface area contributed by atoms with Gasteiger partial charge in [0, 0.05) is 21.2 Å². The van der Waals surface area contributed by atoms with Crippen molar-refractivity contribution in [3.05, 3.63) is 112 Å². The number of carbonyl (C=O) groups excluding carboxylic acids is 3. The van der Waals surface area contributed by atoms with Crippen LogP contribution >= 0.6 is 35.0 Å². The van der Waals surface area contributed by atoms with E-state index in [4.69, 9.17) is 37.4 Å². The lowest BCUT2D eigenvalue weighted by Gasteiger charge is -2.17. The Morgan fingerprint density at radius 2 is 1.53 bits per heavy atom. The van der Waals surface area contributed by atoms with Crippen molar-refractivity contribution in [1.82, 2.24) is 5.32 Å². The van der Waals surface area contributed by atoms with E-state index < -0.39 is 17.1 Å². The third kappa shape index (κ3) is 9.45. The summed E-state index contributed by atoms with van der Waals surface area (Å²) in [4.78, 5) is 40.7. The molecule has 0 heterocycles. The van der Waals surface area contributed by atoms with Gasteiger partial charge in [-0.05, 0) is 78.7 Å². The van der Waals surface area contributed by atoms with E-state index >= 15 is 0 Å². The maximum absolute atomic E-state index is 13.7. The minimum atomic E-state index is -0.577. The molecule has 0 saturated heterocycles. The average molecular weight is 695 g/mol. The van der Waals surface area contributed by atoms with Crippen molar-refractivity contribution in [3.63, 3.8) is 0 Å². The number of thioether (sulfide) groups is 1. The molecule has 4 aromatic rings. The minimum absolute atomic E-state index is 0.0307. The molecule has 1 atom stereocenters. The van der Waals surface area contributed by atoms with Gasteiger partial charge >= 0.3 is 0 Å². The average Bonchev–Trinajstić information content (AvgIpc) is 3.08. The van der Waals surface area contributed by atoms with E-state index in [0.29, 0.717) is 56.2 Å². The summed E-state index contributed by atoms with van der Waals surface area (Å²) >= 11 is 13.6. The Morgan fingerprint density at radius 3 is 2.15 bits per heavy atom. The van der Waals surface area contributed by atoms with Gasteiger partial charge in [0.25, 0.3) is 11.8 Å². The predicted molar refractivity (Wildman–Crippen MR) is 188 cm³/mol. The Bertz CT molecular complexity index is 1760. The number of hydrogen-bond acceptors (Lipinski definition) is 7. The van der Waals surface area contributed by atoms with Crippen molar-refractivity contribution in [1.29, 1.82) is 0 Å². The van der Waals surface area contributed by atoms with E-state index in [0.717, 1.165) is 4.90 Å². The Balaban J connectivity index is 1.58. The summed E-state index contributed by atoms with van der Waals surface area (Å²) in [5.74, 6) is -0.130. The fourth-order valence-electron chi connectivity index (χ4n) is 4.43. The molecule has 0 aliphatic heterocycles. The first-order chi connectivity index (χ1) is 22.6. The number of methoxy groups -OCH3 is 3. The van der Waals surface area contributed by atoms with Crippen LogP contribution in [0.5, 0.6) is 17.2 Å². The Labute approximate surface area is 287 Å². The van der Waals surface area contributed by atoms with Gasteiger partial charge in [-0.1, -0.05) is 54.4 Å². The molecule has 0 spiro atoms. The SMILES string of the molecule is CCC(Sc1cccc(NC(=O)/C(=C\c2cc(OC)c(OC)c(OC)c2)NC(=O)c2ccccc2)c1)C(=O)Nc1ccc(Cl)cc1Cl. The van der Waals surface area contributed by atoms with Crippen LogP contribution in [0.2, 0.25) is 10.0 Å². The van der Waals surface area contributed by atoms with E-state index in [1.807, 2.05) is 13.0 Å². The highest BCUT2D eigenvalue weighted by Crippen LogP contribution is 2.39. The fraction of sp³-hybridized carbons (Fsp3) is 0.171. The first kappa shape index (κ1) is 35.2. The zero-order valence-corrected chi connectivity index (χ0v) is 28.4. The van der Waals surface area contributed by atoms with Crippen molar-refractivity contribution in [2.45, 2.75) is 23.5 Å². The van der Waals surface area contributed by atoms with E-state index in [-0.39, 0.29) is 11.6 Å². The molecule has 0 aliphatic rings. The smallest absolute Gasteiger partial charge is 0.272 e. The predicted octanol–water partition coefficient (Wildman–Crippen LogP) is 7.94. The van der Waals surface area contributed by atoms with E-state index in [2.05, 4.69) is 16.0 Å². The summed E-state index contributed by atoms with van der Waals surface area (Å²) in [5, 5.41) is 8.80. The van der Waals surface area contributed by atoms with Gasteiger partial charge in [0.1, 0.15) is 5.70 Å². The molecule has 9 nitrogen and oxygen atoms in total. The van der Waals surface area contributed by atoms with Crippen LogP contribution in [0, 0.1) is 0 Å². The Hall–Kier alpha value is -4.64. The van der Waals surface area contributed by atoms with Crippen molar-refractivity contribution >= 4 is 70.1 Å². The first-order valence-electron chi connectivity index (χ1n) is 14.4. The normalized spacial score (nSPS) is 11.7. The van der Waals surface area contributed by atoms with Crippen molar-refractivity contribution in [2.24, 2.45) is 0 Å². The summed E-state index contributed by atoms with van der Waals surface area (Å²) in [6.07, 6.45) is 2.05. The number of nitrogens with one attached hydrogen (secondary N) is 3. The fourth-order valence-corrected chi connectivity index (χ4v) is 5.90. The quantitative estimate of drug-likeness (QED) is 0.0962. The molecule has 4 rings (SSSR count). The molecule has 1 unspecified atom stereocenters. The second kappa shape index (κ2) is 16.8. The first-order valence-corrected chi connectivity index (χ1v) is 16.0. The molecule has 3 amide bonds. The van der Waals surface area contributed by atoms with Gasteiger partial charge in [-0.2, -0.15) is 0 Å². The van der Waals surface area contributed by atoms with E-state index in [1.54, 1.807) is 78.9 Å². The van der Waals surface area contributed by atoms with Crippen molar-refractivity contribution in [3.8, 4) is 17.2 Å². The summed E-state index contributed by atoms with van der Waals surface area (Å²) in [7, 11) is 4.46. The van der Waals surface area contributed by atoms with Gasteiger partial charge in [-0.3, -0.25) is 14.4 Å². The number of carbonyl (C=O) groups is 3. The molecular formula is C35H33Cl2N3O6S. The van der Waals surface area contributed by atoms with Gasteiger partial charge in [0.2, 0.25) is 11.7 Å². The number of anilines is 2. The summed E-state index contributed by atoms with van der Waals surface area (Å²) in [6, 6.07) is 23.8. The second-order valence-electron chi connectivity index (χ2n) is 9.95. The zero-order chi connectivity index (χ0) is 33.9. The van der Waals surface area contributed by atoms with Gasteiger partial charge in [0.05, 0.1) is 37.3 Å². The van der Waals surface area contributed by atoms with Crippen LogP contribution < -0.4 is 30.2 Å². The lowest BCUT2D eigenvalue weighted by molar-refractivity contribution is -0.116. The lowest BCUT2D eigenvalue weighted by Crippen LogP contribution is -2.30. The van der Waals surface area contributed by atoms with Gasteiger partial charge in [-0.25, -0.2) is 0 Å². The number of halogens is 2. The number of rotatable bonds is 13. The molecule has 0 fully saturated rings. The summed E-state index contributed by atoms with van der Waals surface area (Å²) in [5.41, 5.74) is 1.78. The highest BCUT2D eigenvalue weighted by molar-refractivity contribution is 8.00. The van der Waals surface area contributed by atoms with Crippen LogP contribution in [-0.4, -0.2) is 44.3 Å². The van der Waals surface area contributed by atoms with Gasteiger partial charge in [0.15, 0.2) is 11.5 Å². The Kier molecular flexibility index (Phi) is 12.6. The van der Waals surface area contributed by atoms with Gasteiger partial charge < -0.3 is 30.2 Å². The standard InChI is InChI=1S/C35H33Cl2N3O6S/c1-5-31(35(43)39-27-15-14-23(36)19-26(27)37)47-25-13-9-12-24(20-25)38-34(42)28(40-33(41)22-10-7-6-8-11-22)16-21-17-29(44-2)32(46-4)30(18-21)45-3/h6-20,31H,5H2,1-4H3,(H,38,42)(H,39,43)(H,40,41)/b28-16+. The van der Waals surface area contributed by atoms with E-state index in [1.165, 1.54) is 39.2 Å². The molecule has 12 heteroatoms. The third-order valence-corrected chi connectivity index (χ3v) is 8.66. The van der Waals surface area contributed by atoms with Crippen LogP contribution in [0.4, 0.5) is 11.4 Å². The van der Waals surface area contributed by atoms with Crippen LogP contribution in [0.1, 0.15) is 29.3 Å². The highest BCUT2D eigenvalue weighted by Gasteiger charge is 2.21. The third-order valence-electron chi connectivity index (χ3n) is 6.75. The molecule has 0 aliphatic carbocycles. The second-order valence-corrected chi connectivity index (χ2v) is 12.1. The number of ether oxygens (including phenoxy) is 3. The lowest BCUT2D eigenvalue weighted by atomic mass is 10.1. The molecule has 0 saturated carbocycles. The molecule has 4 aromatic carbocycles. The van der Waals surface area contributed by atoms with Gasteiger partial charge in [-0.15, -0.1) is 11.8 Å². The number of amides is 3. The van der Waals surface area contributed by atoms with Crippen LogP contribution in [0.15, 0.2) is 95.5 Å². The summed E-state index contributed by atoms with van der Waals surface area (Å²) < 4.78 is 16.3. The van der Waals surface area contributed by atoms with Crippen LogP contribution in [-0.2, 0) is 9.59 Å². The molecule has 0 radical (unpaired) electrons. The maximum Gasteiger partial charge on any atom is 0.272 e. The van der Waals surface area contributed by atoms with Crippen LogP contribution in [0.25, 0.3) is 6.08 Å². The number of hydrogen-bond donors (Lipinski definition) is 3. The molecule has 47 heavy (non-hydrogen) atoms. The Morgan fingerprint density at radius 1 is 0.830 bits per heavy atom. The molecule has 0 bridgehead atoms. The van der Waals surface area contributed by atoms with Crippen molar-refractivity contribution < 1.29 is 28.6 Å². The largest absolute Gasteiger partial charge is 0.493 e. The minimum Gasteiger partial charge on any atom is -0.493 e. The topological polar surface area (TPSA) is 115 Å². The zero-order valence-electron chi connectivity index (χ0n) is 26.1. The van der Waals surface area contributed by atoms with Crippen molar-refractivity contribution in [2.75, 3.05) is 32.0 Å². The maximum atomic E-state index is 13.7. The summed E-state index contributed by atoms with van der Waals surface area (Å²) in [6.45, 7) is 1.90. The monoisotopic (exact) mass is 693 g/mol. The van der Waals surface area contributed by atoms with E-state index in [9.17, 15) is 14.4 Å². The molecule has 3 N–H and O–H groups in total. The molecule has 0 aromatic heterocycles. The molecule has 244 valence electrons. The number of benzene rings is 4.